The van der Waals surface area contributed by atoms with Crippen LogP contribution in [-0.4, -0.2) is 6.29 Å². The van der Waals surface area contributed by atoms with Crippen LogP contribution in [0.3, 0.4) is 0 Å². The van der Waals surface area contributed by atoms with Crippen molar-refractivity contribution in [2.24, 2.45) is 0 Å². The van der Waals surface area contributed by atoms with Crippen molar-refractivity contribution in [2.45, 2.75) is 6.61 Å². The Bertz CT molecular complexity index is 701. The molecule has 0 saturated heterocycles. The molecule has 2 aromatic carbocycles. The molecule has 0 spiro atoms. The van der Waals surface area contributed by atoms with Crippen LogP contribution in [0.2, 0.25) is 0 Å². The van der Waals surface area contributed by atoms with E-state index in [1.807, 2.05) is 53.9 Å². The van der Waals surface area contributed by atoms with Crippen molar-refractivity contribution in [3.63, 3.8) is 0 Å². The first-order valence-corrected chi connectivity index (χ1v) is 6.88. The summed E-state index contributed by atoms with van der Waals surface area (Å²) in [5.41, 5.74) is 1.72. The fourth-order valence-electron chi connectivity index (χ4n) is 2.03. The summed E-state index contributed by atoms with van der Waals surface area (Å²) >= 11 is 1.63. The van der Waals surface area contributed by atoms with Crippen LogP contribution in [0.1, 0.15) is 15.9 Å². The van der Waals surface area contributed by atoms with Gasteiger partial charge in [-0.15, -0.1) is 11.3 Å². The van der Waals surface area contributed by atoms with Crippen LogP contribution in [0.4, 0.5) is 0 Å². The van der Waals surface area contributed by atoms with Gasteiger partial charge in [0.2, 0.25) is 0 Å². The summed E-state index contributed by atoms with van der Waals surface area (Å²) in [4.78, 5) is 11.3. The largest absolute Gasteiger partial charge is 0.488 e. The molecule has 0 radical (unpaired) electrons. The Morgan fingerprint density at radius 3 is 2.68 bits per heavy atom. The highest BCUT2D eigenvalue weighted by atomic mass is 32.1. The van der Waals surface area contributed by atoms with Crippen LogP contribution >= 0.6 is 11.3 Å². The lowest BCUT2D eigenvalue weighted by atomic mass is 10.1. The van der Waals surface area contributed by atoms with Crippen molar-refractivity contribution in [3.8, 4) is 5.75 Å². The summed E-state index contributed by atoms with van der Waals surface area (Å²) in [6.45, 7) is 0.470. The third-order valence-electron chi connectivity index (χ3n) is 2.99. The smallest absolute Gasteiger partial charge is 0.154 e. The van der Waals surface area contributed by atoms with Crippen molar-refractivity contribution >= 4 is 27.7 Å². The Hall–Kier alpha value is -2.13. The van der Waals surface area contributed by atoms with E-state index in [0.717, 1.165) is 21.9 Å². The predicted molar refractivity (Wildman–Crippen MR) is 78.0 cm³/mol. The molecular weight excluding hydrogens is 256 g/mol. The molecule has 0 aliphatic carbocycles. The first kappa shape index (κ1) is 11.9. The molecule has 19 heavy (non-hydrogen) atoms. The maximum absolute atomic E-state index is 11.3. The lowest BCUT2D eigenvalue weighted by molar-refractivity contribution is 0.112. The zero-order valence-electron chi connectivity index (χ0n) is 10.2. The number of carbonyl (C=O) groups excluding carboxylic acids is 1. The molecular formula is C16H12O2S. The summed E-state index contributed by atoms with van der Waals surface area (Å²) in [5, 5.41) is 2.95. The molecule has 3 rings (SSSR count). The second-order valence-corrected chi connectivity index (χ2v) is 5.15. The van der Waals surface area contributed by atoms with Crippen LogP contribution in [-0.2, 0) is 6.61 Å². The molecule has 3 heteroatoms. The number of hydrogen-bond acceptors (Lipinski definition) is 3. The van der Waals surface area contributed by atoms with Gasteiger partial charge in [0.15, 0.2) is 6.29 Å². The first-order chi connectivity index (χ1) is 9.38. The maximum Gasteiger partial charge on any atom is 0.154 e. The van der Waals surface area contributed by atoms with Crippen molar-refractivity contribution < 1.29 is 9.53 Å². The van der Waals surface area contributed by atoms with Gasteiger partial charge in [-0.05, 0) is 29.1 Å². The van der Waals surface area contributed by atoms with Gasteiger partial charge in [-0.25, -0.2) is 0 Å². The zero-order chi connectivity index (χ0) is 13.1. The van der Waals surface area contributed by atoms with Crippen LogP contribution < -0.4 is 4.74 Å². The number of carbonyl (C=O) groups is 1. The van der Waals surface area contributed by atoms with Gasteiger partial charge >= 0.3 is 0 Å². The number of rotatable bonds is 4. The molecule has 0 atom stereocenters. The molecule has 0 unspecified atom stereocenters. The average molecular weight is 268 g/mol. The van der Waals surface area contributed by atoms with E-state index in [0.29, 0.717) is 17.9 Å². The average Bonchev–Trinajstić information content (AvgIpc) is 2.94. The molecule has 0 amide bonds. The first-order valence-electron chi connectivity index (χ1n) is 6.00. The fraction of sp³-hybridized carbons (Fsp3) is 0.0625. The van der Waals surface area contributed by atoms with Gasteiger partial charge in [0.25, 0.3) is 0 Å². The Balaban J connectivity index is 1.90. The monoisotopic (exact) mass is 268 g/mol. The third-order valence-corrected chi connectivity index (χ3v) is 3.87. The highest BCUT2D eigenvalue weighted by Crippen LogP contribution is 2.30. The van der Waals surface area contributed by atoms with Crippen molar-refractivity contribution in [2.75, 3.05) is 0 Å². The van der Waals surface area contributed by atoms with Gasteiger partial charge in [0, 0.05) is 10.1 Å². The summed E-state index contributed by atoms with van der Waals surface area (Å²) in [7, 11) is 0. The summed E-state index contributed by atoms with van der Waals surface area (Å²) in [6, 6.07) is 15.7. The minimum Gasteiger partial charge on any atom is -0.488 e. The van der Waals surface area contributed by atoms with Crippen molar-refractivity contribution in [1.29, 1.82) is 0 Å². The van der Waals surface area contributed by atoms with Gasteiger partial charge in [0.1, 0.15) is 12.4 Å². The van der Waals surface area contributed by atoms with Crippen molar-refractivity contribution in [1.82, 2.24) is 0 Å². The SMILES string of the molecule is O=Cc1c(OCc2ccccc2)ccc2sccc12. The maximum atomic E-state index is 11.3. The Kier molecular flexibility index (Phi) is 3.29. The Morgan fingerprint density at radius 2 is 1.89 bits per heavy atom. The molecule has 94 valence electrons. The second kappa shape index (κ2) is 5.24. The highest BCUT2D eigenvalue weighted by molar-refractivity contribution is 7.17. The molecule has 0 fully saturated rings. The number of benzene rings is 2. The summed E-state index contributed by atoms with van der Waals surface area (Å²) < 4.78 is 6.87. The van der Waals surface area contributed by atoms with Gasteiger partial charge in [-0.2, -0.15) is 0 Å². The number of thiophene rings is 1. The quantitative estimate of drug-likeness (QED) is 0.660. The van der Waals surface area contributed by atoms with Crippen LogP contribution in [0.25, 0.3) is 10.1 Å². The second-order valence-electron chi connectivity index (χ2n) is 4.20. The van der Waals surface area contributed by atoms with Gasteiger partial charge in [-0.3, -0.25) is 4.79 Å². The van der Waals surface area contributed by atoms with E-state index in [-0.39, 0.29) is 0 Å². The molecule has 1 heterocycles. The summed E-state index contributed by atoms with van der Waals surface area (Å²) in [6.07, 6.45) is 0.870. The lowest BCUT2D eigenvalue weighted by Gasteiger charge is -2.09. The number of hydrogen-bond donors (Lipinski definition) is 0. The van der Waals surface area contributed by atoms with E-state index >= 15 is 0 Å². The molecule has 0 bridgehead atoms. The van der Waals surface area contributed by atoms with Crippen molar-refractivity contribution in [3.05, 3.63) is 65.0 Å². The van der Waals surface area contributed by atoms with Crippen LogP contribution in [0.15, 0.2) is 53.9 Å². The Morgan fingerprint density at radius 1 is 1.05 bits per heavy atom. The van der Waals surface area contributed by atoms with Gasteiger partial charge in [0.05, 0.1) is 5.56 Å². The summed E-state index contributed by atoms with van der Waals surface area (Å²) in [5.74, 6) is 0.643. The van der Waals surface area contributed by atoms with E-state index in [1.54, 1.807) is 11.3 Å². The number of fused-ring (bicyclic) bond motifs is 1. The molecule has 0 N–H and O–H groups in total. The molecule has 3 aromatic rings. The third kappa shape index (κ3) is 2.37. The topological polar surface area (TPSA) is 26.3 Å². The van der Waals surface area contributed by atoms with E-state index in [4.69, 9.17) is 4.74 Å². The molecule has 2 nitrogen and oxygen atoms in total. The van der Waals surface area contributed by atoms with E-state index in [1.165, 1.54) is 0 Å². The van der Waals surface area contributed by atoms with Crippen LogP contribution in [0.5, 0.6) is 5.75 Å². The molecule has 0 saturated carbocycles. The van der Waals surface area contributed by atoms with E-state index in [2.05, 4.69) is 0 Å². The highest BCUT2D eigenvalue weighted by Gasteiger charge is 2.09. The Labute approximate surface area is 115 Å². The number of aldehydes is 1. The van der Waals surface area contributed by atoms with Crippen LogP contribution in [0, 0.1) is 0 Å². The van der Waals surface area contributed by atoms with E-state index in [9.17, 15) is 4.79 Å². The standard InChI is InChI=1S/C16H12O2S/c17-10-14-13-8-9-19-16(13)7-6-15(14)18-11-12-4-2-1-3-5-12/h1-10H,11H2. The minimum absolute atomic E-state index is 0.470. The molecule has 1 aromatic heterocycles. The molecule has 0 aliphatic rings. The fourth-order valence-corrected chi connectivity index (χ4v) is 2.83. The predicted octanol–water partition coefficient (Wildman–Crippen LogP) is 4.29. The zero-order valence-corrected chi connectivity index (χ0v) is 11.0. The van der Waals surface area contributed by atoms with Gasteiger partial charge < -0.3 is 4.74 Å². The normalized spacial score (nSPS) is 10.5. The lowest BCUT2D eigenvalue weighted by Crippen LogP contribution is -1.98. The molecule has 0 aliphatic heterocycles. The number of ether oxygens (including phenoxy) is 1. The van der Waals surface area contributed by atoms with E-state index < -0.39 is 0 Å². The van der Waals surface area contributed by atoms with Gasteiger partial charge in [-0.1, -0.05) is 30.3 Å². The minimum atomic E-state index is 0.470.